The third kappa shape index (κ3) is 3.40. The third-order valence-electron chi connectivity index (χ3n) is 4.13. The van der Waals surface area contributed by atoms with Crippen LogP contribution in [0.15, 0.2) is 24.5 Å². The number of hydrogen-bond acceptors (Lipinski definition) is 2. The molecule has 0 aliphatic rings. The summed E-state index contributed by atoms with van der Waals surface area (Å²) in [4.78, 5) is 4.57. The van der Waals surface area contributed by atoms with E-state index in [1.807, 2.05) is 12.3 Å². The van der Waals surface area contributed by atoms with Gasteiger partial charge in [-0.3, -0.25) is 0 Å². The molecule has 2 aromatic heterocycles. The molecule has 0 bridgehead atoms. The number of aromatic nitrogens is 2. The Labute approximate surface area is 122 Å². The molecule has 0 saturated carbocycles. The first-order valence-electron chi connectivity index (χ1n) is 7.92. The Morgan fingerprint density at radius 3 is 2.90 bits per heavy atom. The van der Waals surface area contributed by atoms with Gasteiger partial charge in [-0.05, 0) is 43.0 Å². The number of hydrogen-bond donors (Lipinski definition) is 1. The van der Waals surface area contributed by atoms with Crippen LogP contribution < -0.4 is 5.73 Å². The van der Waals surface area contributed by atoms with E-state index in [1.165, 1.54) is 36.6 Å². The summed E-state index contributed by atoms with van der Waals surface area (Å²) in [5, 5.41) is 1.27. The molecule has 2 aromatic rings. The van der Waals surface area contributed by atoms with E-state index in [1.54, 1.807) is 0 Å². The fourth-order valence-corrected chi connectivity index (χ4v) is 2.88. The molecule has 0 radical (unpaired) electrons. The molecule has 2 rings (SSSR count). The molecule has 110 valence electrons. The van der Waals surface area contributed by atoms with Gasteiger partial charge in [-0.2, -0.15) is 0 Å². The van der Waals surface area contributed by atoms with Crippen molar-refractivity contribution in [2.24, 2.45) is 11.7 Å². The van der Waals surface area contributed by atoms with Crippen LogP contribution in [-0.2, 0) is 13.0 Å². The molecule has 0 saturated heterocycles. The van der Waals surface area contributed by atoms with Gasteiger partial charge < -0.3 is 10.3 Å². The second-order valence-corrected chi connectivity index (χ2v) is 5.64. The van der Waals surface area contributed by atoms with E-state index in [4.69, 9.17) is 5.73 Å². The maximum atomic E-state index is 5.72. The molecule has 1 atom stereocenters. The van der Waals surface area contributed by atoms with Crippen molar-refractivity contribution in [3.05, 3.63) is 30.1 Å². The Bertz CT molecular complexity index is 530. The molecule has 0 amide bonds. The van der Waals surface area contributed by atoms with E-state index in [0.717, 1.165) is 24.5 Å². The second kappa shape index (κ2) is 7.44. The van der Waals surface area contributed by atoms with Crippen LogP contribution in [0.5, 0.6) is 0 Å². The van der Waals surface area contributed by atoms with Gasteiger partial charge in [0.2, 0.25) is 0 Å². The molecule has 3 nitrogen and oxygen atoms in total. The van der Waals surface area contributed by atoms with E-state index in [9.17, 15) is 0 Å². The van der Waals surface area contributed by atoms with Crippen LogP contribution in [0.1, 0.15) is 45.1 Å². The molecule has 0 aliphatic heterocycles. The van der Waals surface area contributed by atoms with Crippen LogP contribution in [-0.4, -0.2) is 16.1 Å². The van der Waals surface area contributed by atoms with Gasteiger partial charge in [0.05, 0.1) is 0 Å². The van der Waals surface area contributed by atoms with Crippen LogP contribution >= 0.6 is 0 Å². The number of nitrogens with two attached hydrogens (primary N) is 1. The van der Waals surface area contributed by atoms with Crippen molar-refractivity contribution in [3.8, 4) is 0 Å². The predicted molar refractivity (Wildman–Crippen MR) is 85.8 cm³/mol. The van der Waals surface area contributed by atoms with E-state index in [0.29, 0.717) is 6.54 Å². The van der Waals surface area contributed by atoms with Crippen LogP contribution in [0.2, 0.25) is 0 Å². The van der Waals surface area contributed by atoms with Crippen molar-refractivity contribution in [1.82, 2.24) is 9.55 Å². The molecular weight excluding hydrogens is 246 g/mol. The van der Waals surface area contributed by atoms with Crippen molar-refractivity contribution >= 4 is 11.0 Å². The number of fused-ring (bicyclic) bond motifs is 1. The molecule has 0 fully saturated rings. The zero-order valence-electron chi connectivity index (χ0n) is 12.8. The Kier molecular flexibility index (Phi) is 5.60. The van der Waals surface area contributed by atoms with E-state index < -0.39 is 0 Å². The van der Waals surface area contributed by atoms with Crippen LogP contribution in [0.25, 0.3) is 11.0 Å². The average Bonchev–Trinajstić information content (AvgIpc) is 2.82. The van der Waals surface area contributed by atoms with Gasteiger partial charge in [0.1, 0.15) is 5.65 Å². The maximum Gasteiger partial charge on any atom is 0.140 e. The maximum absolute atomic E-state index is 5.72. The zero-order valence-corrected chi connectivity index (χ0v) is 12.8. The molecule has 3 heteroatoms. The minimum absolute atomic E-state index is 0.695. The molecule has 20 heavy (non-hydrogen) atoms. The third-order valence-corrected chi connectivity index (χ3v) is 4.13. The van der Waals surface area contributed by atoms with Gasteiger partial charge in [0.15, 0.2) is 0 Å². The van der Waals surface area contributed by atoms with Gasteiger partial charge in [0.25, 0.3) is 0 Å². The van der Waals surface area contributed by atoms with E-state index in [-0.39, 0.29) is 0 Å². The summed E-state index contributed by atoms with van der Waals surface area (Å²) in [6, 6.07) is 4.18. The molecule has 1 unspecified atom stereocenters. The summed E-state index contributed by atoms with van der Waals surface area (Å²) in [5.41, 5.74) is 8.18. The summed E-state index contributed by atoms with van der Waals surface area (Å²) in [6.45, 7) is 6.33. The van der Waals surface area contributed by atoms with Gasteiger partial charge in [0, 0.05) is 24.3 Å². The summed E-state index contributed by atoms with van der Waals surface area (Å²) in [7, 11) is 0. The lowest BCUT2D eigenvalue weighted by atomic mass is 9.99. The Balaban J connectivity index is 2.24. The van der Waals surface area contributed by atoms with Crippen LogP contribution in [0.3, 0.4) is 0 Å². The molecule has 0 aromatic carbocycles. The zero-order chi connectivity index (χ0) is 14.4. The molecular formula is C17H27N3. The van der Waals surface area contributed by atoms with Gasteiger partial charge >= 0.3 is 0 Å². The minimum Gasteiger partial charge on any atom is -0.332 e. The SMILES string of the molecule is CCCCC(CC)Cn1cc(CCN)c2cccnc21. The second-order valence-electron chi connectivity index (χ2n) is 5.64. The van der Waals surface area contributed by atoms with Gasteiger partial charge in [-0.1, -0.05) is 33.1 Å². The molecule has 2 heterocycles. The Hall–Kier alpha value is -1.35. The molecule has 0 aliphatic carbocycles. The monoisotopic (exact) mass is 273 g/mol. The topological polar surface area (TPSA) is 43.8 Å². The average molecular weight is 273 g/mol. The molecule has 0 spiro atoms. The summed E-state index contributed by atoms with van der Waals surface area (Å²) >= 11 is 0. The lowest BCUT2D eigenvalue weighted by Gasteiger charge is -2.15. The van der Waals surface area contributed by atoms with Gasteiger partial charge in [-0.15, -0.1) is 0 Å². The smallest absolute Gasteiger partial charge is 0.140 e. The number of unbranched alkanes of at least 4 members (excludes halogenated alkanes) is 1. The molecule has 2 N–H and O–H groups in total. The lowest BCUT2D eigenvalue weighted by molar-refractivity contribution is 0.395. The van der Waals surface area contributed by atoms with Crippen molar-refractivity contribution in [1.29, 1.82) is 0 Å². The van der Waals surface area contributed by atoms with E-state index in [2.05, 4.69) is 35.7 Å². The first-order valence-corrected chi connectivity index (χ1v) is 7.92. The lowest BCUT2D eigenvalue weighted by Crippen LogP contribution is -2.10. The van der Waals surface area contributed by atoms with Crippen molar-refractivity contribution in [2.75, 3.05) is 6.54 Å². The summed E-state index contributed by atoms with van der Waals surface area (Å²) in [6.07, 6.45) is 10.2. The number of pyridine rings is 1. The number of rotatable bonds is 8. The summed E-state index contributed by atoms with van der Waals surface area (Å²) in [5.74, 6) is 0.748. The first-order chi connectivity index (χ1) is 9.80. The normalized spacial score (nSPS) is 12.9. The fourth-order valence-electron chi connectivity index (χ4n) is 2.88. The van der Waals surface area contributed by atoms with Crippen molar-refractivity contribution in [3.63, 3.8) is 0 Å². The van der Waals surface area contributed by atoms with Crippen molar-refractivity contribution in [2.45, 2.75) is 52.5 Å². The van der Waals surface area contributed by atoms with Crippen LogP contribution in [0.4, 0.5) is 0 Å². The Morgan fingerprint density at radius 1 is 1.35 bits per heavy atom. The highest BCUT2D eigenvalue weighted by Gasteiger charge is 2.12. The fraction of sp³-hybridized carbons (Fsp3) is 0.588. The Morgan fingerprint density at radius 2 is 2.20 bits per heavy atom. The van der Waals surface area contributed by atoms with Gasteiger partial charge in [-0.25, -0.2) is 4.98 Å². The van der Waals surface area contributed by atoms with Crippen molar-refractivity contribution < 1.29 is 0 Å². The highest BCUT2D eigenvalue weighted by atomic mass is 15.0. The highest BCUT2D eigenvalue weighted by Crippen LogP contribution is 2.23. The largest absolute Gasteiger partial charge is 0.332 e. The van der Waals surface area contributed by atoms with E-state index >= 15 is 0 Å². The standard InChI is InChI=1S/C17H27N3/c1-3-5-7-14(4-2)12-20-13-15(9-10-18)16-8-6-11-19-17(16)20/h6,8,11,13-14H,3-5,7,9-10,12,18H2,1-2H3. The minimum atomic E-state index is 0.695. The predicted octanol–water partition coefficient (Wildman–Crippen LogP) is 3.75. The summed E-state index contributed by atoms with van der Waals surface area (Å²) < 4.78 is 2.34. The first kappa shape index (κ1) is 15.0. The number of nitrogens with zero attached hydrogens (tertiary/aromatic N) is 2. The van der Waals surface area contributed by atoms with Crippen LogP contribution in [0, 0.1) is 5.92 Å². The quantitative estimate of drug-likeness (QED) is 0.796. The highest BCUT2D eigenvalue weighted by molar-refractivity contribution is 5.80.